The van der Waals surface area contributed by atoms with Gasteiger partial charge in [-0.3, -0.25) is 0 Å². The van der Waals surface area contributed by atoms with Crippen molar-refractivity contribution in [2.24, 2.45) is 5.73 Å². The van der Waals surface area contributed by atoms with Gasteiger partial charge in [0.2, 0.25) is 0 Å². The lowest BCUT2D eigenvalue weighted by Crippen LogP contribution is -2.07. The number of hydrogen-bond acceptors (Lipinski definition) is 1. The number of hydrogen-bond donors (Lipinski definition) is 1. The van der Waals surface area contributed by atoms with Gasteiger partial charge in [0.1, 0.15) is 5.82 Å². The summed E-state index contributed by atoms with van der Waals surface area (Å²) in [6.45, 7) is 3.91. The summed E-state index contributed by atoms with van der Waals surface area (Å²) >= 11 is 4.77. The van der Waals surface area contributed by atoms with Crippen molar-refractivity contribution in [3.63, 3.8) is 0 Å². The molecule has 0 amide bonds. The number of benzene rings is 1. The lowest BCUT2D eigenvalue weighted by Gasteiger charge is -2.07. The summed E-state index contributed by atoms with van der Waals surface area (Å²) < 4.78 is 13.5. The molecule has 3 heteroatoms. The third-order valence-corrected chi connectivity index (χ3v) is 2.74. The van der Waals surface area contributed by atoms with Gasteiger partial charge in [-0.25, -0.2) is 4.39 Å². The number of thiocarbonyl (C=S) groups is 1. The van der Waals surface area contributed by atoms with Gasteiger partial charge in [-0.15, -0.1) is 0 Å². The Morgan fingerprint density at radius 1 is 1.33 bits per heavy atom. The van der Waals surface area contributed by atoms with Crippen LogP contribution in [0, 0.1) is 19.7 Å². The van der Waals surface area contributed by atoms with E-state index in [0.717, 1.165) is 23.1 Å². The van der Waals surface area contributed by atoms with E-state index in [0.29, 0.717) is 17.8 Å². The van der Waals surface area contributed by atoms with Gasteiger partial charge in [0.05, 0.1) is 4.99 Å². The molecule has 0 bridgehead atoms. The van der Waals surface area contributed by atoms with Crippen LogP contribution in [0.2, 0.25) is 0 Å². The minimum atomic E-state index is -0.124. The maximum Gasteiger partial charge on any atom is 0.126 e. The summed E-state index contributed by atoms with van der Waals surface area (Å²) in [4.78, 5) is 0.499. The molecule has 1 nitrogen and oxygen atoms in total. The summed E-state index contributed by atoms with van der Waals surface area (Å²) in [6, 6.07) is 3.50. The first-order valence-electron chi connectivity index (χ1n) is 5.04. The van der Waals surface area contributed by atoms with E-state index in [4.69, 9.17) is 18.0 Å². The highest BCUT2D eigenvalue weighted by molar-refractivity contribution is 7.80. The molecular weight excluding hydrogens is 209 g/mol. The SMILES string of the molecule is Cc1cc(F)c(CCCC(N)=S)cc1C. The van der Waals surface area contributed by atoms with Gasteiger partial charge >= 0.3 is 0 Å². The Bertz CT molecular complexity index is 374. The van der Waals surface area contributed by atoms with Crippen molar-refractivity contribution in [2.75, 3.05) is 0 Å². The van der Waals surface area contributed by atoms with E-state index in [9.17, 15) is 4.39 Å². The number of halogens is 1. The Hall–Kier alpha value is -0.960. The Morgan fingerprint density at radius 3 is 2.53 bits per heavy atom. The first-order valence-corrected chi connectivity index (χ1v) is 5.45. The second-order valence-corrected chi connectivity index (χ2v) is 4.37. The second-order valence-electron chi connectivity index (χ2n) is 3.85. The Kier molecular flexibility index (Phi) is 4.21. The molecule has 1 aromatic rings. The maximum atomic E-state index is 13.5. The summed E-state index contributed by atoms with van der Waals surface area (Å²) in [6.07, 6.45) is 2.20. The van der Waals surface area contributed by atoms with E-state index in [2.05, 4.69) is 0 Å². The Balaban J connectivity index is 2.69. The Labute approximate surface area is 95.5 Å². The van der Waals surface area contributed by atoms with Gasteiger partial charge in [0.15, 0.2) is 0 Å². The predicted octanol–water partition coefficient (Wildman–Crippen LogP) is 3.05. The Morgan fingerprint density at radius 2 is 1.93 bits per heavy atom. The van der Waals surface area contributed by atoms with Gasteiger partial charge in [-0.2, -0.15) is 0 Å². The molecule has 0 unspecified atom stereocenters. The number of aryl methyl sites for hydroxylation is 3. The maximum absolute atomic E-state index is 13.5. The average Bonchev–Trinajstić information content (AvgIpc) is 2.13. The monoisotopic (exact) mass is 225 g/mol. The highest BCUT2D eigenvalue weighted by Gasteiger charge is 2.04. The van der Waals surface area contributed by atoms with Crippen LogP contribution in [0.3, 0.4) is 0 Å². The fraction of sp³-hybridized carbons (Fsp3) is 0.417. The molecule has 1 rings (SSSR count). The fourth-order valence-corrected chi connectivity index (χ4v) is 1.63. The molecule has 0 saturated heterocycles. The highest BCUT2D eigenvalue weighted by atomic mass is 32.1. The molecule has 2 N–H and O–H groups in total. The molecule has 15 heavy (non-hydrogen) atoms. The third-order valence-electron chi connectivity index (χ3n) is 2.53. The van der Waals surface area contributed by atoms with E-state index in [1.54, 1.807) is 6.07 Å². The highest BCUT2D eigenvalue weighted by Crippen LogP contribution is 2.16. The van der Waals surface area contributed by atoms with Crippen molar-refractivity contribution in [1.29, 1.82) is 0 Å². The zero-order valence-electron chi connectivity index (χ0n) is 9.14. The smallest absolute Gasteiger partial charge is 0.126 e. The largest absolute Gasteiger partial charge is 0.393 e. The van der Waals surface area contributed by atoms with Gasteiger partial charge in [-0.1, -0.05) is 18.3 Å². The molecule has 82 valence electrons. The lowest BCUT2D eigenvalue weighted by atomic mass is 10.0. The molecule has 0 aromatic heterocycles. The van der Waals surface area contributed by atoms with Crippen LogP contribution in [0.15, 0.2) is 12.1 Å². The van der Waals surface area contributed by atoms with Gasteiger partial charge in [-0.05, 0) is 55.9 Å². The molecular formula is C12H16FNS. The summed E-state index contributed by atoms with van der Waals surface area (Å²) in [5, 5.41) is 0. The standard InChI is InChI=1S/C12H16FNS/c1-8-6-10(4-3-5-12(14)15)11(13)7-9(8)2/h6-7H,3-5H2,1-2H3,(H2,14,15). The molecule has 0 radical (unpaired) electrons. The fourth-order valence-electron chi connectivity index (χ4n) is 1.49. The zero-order valence-corrected chi connectivity index (χ0v) is 9.96. The van der Waals surface area contributed by atoms with Crippen LogP contribution in [0.4, 0.5) is 4.39 Å². The van der Waals surface area contributed by atoms with E-state index < -0.39 is 0 Å². The topological polar surface area (TPSA) is 26.0 Å². The van der Waals surface area contributed by atoms with Gasteiger partial charge in [0.25, 0.3) is 0 Å². The van der Waals surface area contributed by atoms with Crippen LogP contribution in [0.5, 0.6) is 0 Å². The predicted molar refractivity (Wildman–Crippen MR) is 65.6 cm³/mol. The second kappa shape index (κ2) is 5.21. The van der Waals surface area contributed by atoms with E-state index in [1.165, 1.54) is 0 Å². The molecule has 1 aromatic carbocycles. The van der Waals surface area contributed by atoms with Crippen molar-refractivity contribution in [3.8, 4) is 0 Å². The molecule has 0 aliphatic carbocycles. The van der Waals surface area contributed by atoms with E-state index in [1.807, 2.05) is 19.9 Å². The molecule has 0 aliphatic rings. The minimum absolute atomic E-state index is 0.124. The molecule has 0 atom stereocenters. The summed E-state index contributed by atoms with van der Waals surface area (Å²) in [7, 11) is 0. The van der Waals surface area contributed by atoms with Crippen LogP contribution in [0.25, 0.3) is 0 Å². The van der Waals surface area contributed by atoms with Crippen LogP contribution in [0.1, 0.15) is 29.5 Å². The molecule has 0 fully saturated rings. The molecule has 0 aliphatic heterocycles. The number of nitrogens with two attached hydrogens (primary N) is 1. The molecule has 0 heterocycles. The van der Waals surface area contributed by atoms with Gasteiger partial charge < -0.3 is 5.73 Å². The van der Waals surface area contributed by atoms with Crippen molar-refractivity contribution in [2.45, 2.75) is 33.1 Å². The zero-order chi connectivity index (χ0) is 11.4. The van der Waals surface area contributed by atoms with Crippen molar-refractivity contribution >= 4 is 17.2 Å². The van der Waals surface area contributed by atoms with E-state index >= 15 is 0 Å². The first kappa shape index (κ1) is 12.1. The van der Waals surface area contributed by atoms with Crippen LogP contribution < -0.4 is 5.73 Å². The normalized spacial score (nSPS) is 10.3. The molecule has 0 spiro atoms. The van der Waals surface area contributed by atoms with Crippen molar-refractivity contribution in [1.82, 2.24) is 0 Å². The van der Waals surface area contributed by atoms with E-state index in [-0.39, 0.29) is 5.82 Å². The van der Waals surface area contributed by atoms with Crippen molar-refractivity contribution in [3.05, 3.63) is 34.6 Å². The lowest BCUT2D eigenvalue weighted by molar-refractivity contribution is 0.604. The van der Waals surface area contributed by atoms with Gasteiger partial charge in [0, 0.05) is 0 Å². The quantitative estimate of drug-likeness (QED) is 0.797. The first-order chi connectivity index (χ1) is 7.00. The minimum Gasteiger partial charge on any atom is -0.393 e. The summed E-state index contributed by atoms with van der Waals surface area (Å²) in [5.41, 5.74) is 8.26. The van der Waals surface area contributed by atoms with Crippen LogP contribution >= 0.6 is 12.2 Å². The van der Waals surface area contributed by atoms with Crippen LogP contribution in [-0.4, -0.2) is 4.99 Å². The average molecular weight is 225 g/mol. The summed E-state index contributed by atoms with van der Waals surface area (Å²) in [5.74, 6) is -0.124. The molecule has 0 saturated carbocycles. The third kappa shape index (κ3) is 3.59. The van der Waals surface area contributed by atoms with Crippen molar-refractivity contribution < 1.29 is 4.39 Å². The van der Waals surface area contributed by atoms with Crippen LogP contribution in [-0.2, 0) is 6.42 Å². The number of rotatable bonds is 4.